The van der Waals surface area contributed by atoms with Gasteiger partial charge in [0.2, 0.25) is 5.78 Å². The molecule has 3 nitrogen and oxygen atoms in total. The van der Waals surface area contributed by atoms with E-state index in [0.717, 1.165) is 0 Å². The van der Waals surface area contributed by atoms with Gasteiger partial charge in [-0.1, -0.05) is 19.9 Å². The highest BCUT2D eigenvalue weighted by Crippen LogP contribution is 2.31. The van der Waals surface area contributed by atoms with Gasteiger partial charge in [-0.2, -0.15) is 0 Å². The van der Waals surface area contributed by atoms with Crippen LogP contribution >= 0.6 is 0 Å². The molecule has 1 aliphatic carbocycles. The third kappa shape index (κ3) is 2.06. The number of ether oxygens (including phenoxy) is 1. The maximum atomic E-state index is 11.7. The molecule has 80 valence electrons. The van der Waals surface area contributed by atoms with Crippen LogP contribution in [0.2, 0.25) is 0 Å². The van der Waals surface area contributed by atoms with Crippen molar-refractivity contribution in [2.24, 2.45) is 5.41 Å². The van der Waals surface area contributed by atoms with Crippen LogP contribution in [-0.4, -0.2) is 18.7 Å². The van der Waals surface area contributed by atoms with Gasteiger partial charge < -0.3 is 4.74 Å². The van der Waals surface area contributed by atoms with E-state index in [4.69, 9.17) is 4.74 Å². The number of hydrogen-bond acceptors (Lipinski definition) is 3. The predicted octanol–water partition coefficient (Wildman–Crippen LogP) is 1.81. The second-order valence-electron chi connectivity index (χ2n) is 3.93. The van der Waals surface area contributed by atoms with Crippen LogP contribution in [0.15, 0.2) is 36.1 Å². The summed E-state index contributed by atoms with van der Waals surface area (Å²) in [4.78, 5) is 23.2. The minimum absolute atomic E-state index is 0.0867. The lowest BCUT2D eigenvalue weighted by Crippen LogP contribution is -2.23. The fourth-order valence-electron chi connectivity index (χ4n) is 1.31. The molecule has 0 bridgehead atoms. The van der Waals surface area contributed by atoms with Gasteiger partial charge >= 0.3 is 0 Å². The molecule has 0 saturated carbocycles. The van der Waals surface area contributed by atoms with Crippen LogP contribution in [0.1, 0.15) is 13.8 Å². The smallest absolute Gasteiger partial charge is 0.220 e. The van der Waals surface area contributed by atoms with E-state index in [9.17, 15) is 9.59 Å². The fourth-order valence-corrected chi connectivity index (χ4v) is 1.31. The zero-order valence-corrected chi connectivity index (χ0v) is 9.16. The minimum Gasteiger partial charge on any atom is -0.493 e. The van der Waals surface area contributed by atoms with Crippen LogP contribution in [-0.2, 0) is 14.3 Å². The van der Waals surface area contributed by atoms with Gasteiger partial charge in [0.15, 0.2) is 11.5 Å². The highest BCUT2D eigenvalue weighted by Gasteiger charge is 2.30. The van der Waals surface area contributed by atoms with Gasteiger partial charge in [0, 0.05) is 17.1 Å². The van der Waals surface area contributed by atoms with Gasteiger partial charge in [0.25, 0.3) is 0 Å². The summed E-state index contributed by atoms with van der Waals surface area (Å²) in [5, 5.41) is 0. The van der Waals surface area contributed by atoms with Gasteiger partial charge in [0.1, 0.15) is 0 Å². The van der Waals surface area contributed by atoms with Crippen molar-refractivity contribution in [1.29, 1.82) is 0 Å². The second-order valence-corrected chi connectivity index (χ2v) is 3.93. The summed E-state index contributed by atoms with van der Waals surface area (Å²) in [5.74, 6) is -0.387. The third-order valence-corrected chi connectivity index (χ3v) is 2.47. The van der Waals surface area contributed by atoms with Crippen molar-refractivity contribution in [3.63, 3.8) is 0 Å². The molecule has 0 radical (unpaired) electrons. The van der Waals surface area contributed by atoms with Crippen molar-refractivity contribution in [2.45, 2.75) is 13.8 Å². The third-order valence-electron chi connectivity index (χ3n) is 2.47. The molecule has 0 amide bonds. The van der Waals surface area contributed by atoms with Gasteiger partial charge in [0.05, 0.1) is 7.11 Å². The van der Waals surface area contributed by atoms with Crippen molar-refractivity contribution < 1.29 is 14.3 Å². The summed E-state index contributed by atoms with van der Waals surface area (Å²) in [7, 11) is 1.37. The average molecular weight is 206 g/mol. The largest absolute Gasteiger partial charge is 0.493 e. The second kappa shape index (κ2) is 3.85. The number of allylic oxidation sites excluding steroid dienone is 4. The molecule has 0 aromatic rings. The molecule has 3 heteroatoms. The molecule has 0 spiro atoms. The monoisotopic (exact) mass is 206 g/mol. The Morgan fingerprint density at radius 2 is 1.87 bits per heavy atom. The summed E-state index contributed by atoms with van der Waals surface area (Å²) in [6.07, 6.45) is 4.20. The van der Waals surface area contributed by atoms with Crippen LogP contribution in [0.25, 0.3) is 0 Å². The zero-order chi connectivity index (χ0) is 11.6. The molecular formula is C12H14O3. The molecule has 0 heterocycles. The summed E-state index contributed by atoms with van der Waals surface area (Å²) < 4.78 is 4.79. The van der Waals surface area contributed by atoms with Crippen LogP contribution in [0.4, 0.5) is 0 Å². The van der Waals surface area contributed by atoms with Crippen LogP contribution in [0.3, 0.4) is 0 Å². The number of carbonyl (C=O) groups excluding carboxylic acids is 2. The molecule has 0 unspecified atom stereocenters. The van der Waals surface area contributed by atoms with Gasteiger partial charge in [-0.05, 0) is 6.08 Å². The molecule has 0 aromatic carbocycles. The van der Waals surface area contributed by atoms with E-state index >= 15 is 0 Å². The Kier molecular flexibility index (Phi) is 2.93. The molecular weight excluding hydrogens is 192 g/mol. The van der Waals surface area contributed by atoms with E-state index < -0.39 is 5.41 Å². The Morgan fingerprint density at radius 1 is 1.27 bits per heavy atom. The maximum Gasteiger partial charge on any atom is 0.220 e. The SMILES string of the molecule is C=CC(C)(C)C1=CC(=O)C(OC)=CC1=O. The van der Waals surface area contributed by atoms with Crippen molar-refractivity contribution in [1.82, 2.24) is 0 Å². The summed E-state index contributed by atoms with van der Waals surface area (Å²) in [5.41, 5.74) is -0.0500. The van der Waals surface area contributed by atoms with Crippen LogP contribution < -0.4 is 0 Å². The lowest BCUT2D eigenvalue weighted by atomic mass is 9.79. The number of ketones is 2. The number of carbonyl (C=O) groups is 2. The standard InChI is InChI=1S/C12H14O3/c1-5-12(2,3)8-6-10(14)11(15-4)7-9(8)13/h5-7H,1H2,2-4H3. The summed E-state index contributed by atoms with van der Waals surface area (Å²) >= 11 is 0. The zero-order valence-electron chi connectivity index (χ0n) is 9.16. The Bertz CT molecular complexity index is 384. The first-order valence-corrected chi connectivity index (χ1v) is 4.62. The highest BCUT2D eigenvalue weighted by atomic mass is 16.5. The Hall–Kier alpha value is -1.64. The molecule has 0 N–H and O–H groups in total. The number of hydrogen-bond donors (Lipinski definition) is 0. The molecule has 0 aromatic heterocycles. The Labute approximate surface area is 89.1 Å². The Morgan fingerprint density at radius 3 is 2.33 bits per heavy atom. The first kappa shape index (κ1) is 11.4. The molecule has 1 rings (SSSR count). The van der Waals surface area contributed by atoms with E-state index in [1.807, 2.05) is 13.8 Å². The molecule has 0 atom stereocenters. The normalized spacial score (nSPS) is 17.0. The van der Waals surface area contributed by atoms with Crippen LogP contribution in [0.5, 0.6) is 0 Å². The van der Waals surface area contributed by atoms with E-state index in [0.29, 0.717) is 5.57 Å². The van der Waals surface area contributed by atoms with E-state index in [1.165, 1.54) is 19.3 Å². The minimum atomic E-state index is -0.498. The van der Waals surface area contributed by atoms with Crippen molar-refractivity contribution >= 4 is 11.6 Å². The molecule has 0 fully saturated rings. The lowest BCUT2D eigenvalue weighted by Gasteiger charge is -2.24. The molecule has 0 aliphatic heterocycles. The predicted molar refractivity (Wildman–Crippen MR) is 57.2 cm³/mol. The fraction of sp³-hybridized carbons (Fsp3) is 0.333. The topological polar surface area (TPSA) is 43.4 Å². The van der Waals surface area contributed by atoms with Crippen molar-refractivity contribution in [3.05, 3.63) is 36.1 Å². The van der Waals surface area contributed by atoms with Gasteiger partial charge in [-0.25, -0.2) is 0 Å². The first-order valence-electron chi connectivity index (χ1n) is 4.62. The summed E-state index contributed by atoms with van der Waals surface area (Å²) in [6.45, 7) is 7.32. The molecule has 0 saturated heterocycles. The Balaban J connectivity index is 3.13. The molecule has 1 aliphatic rings. The number of methoxy groups -OCH3 is 1. The van der Waals surface area contributed by atoms with Gasteiger partial charge in [-0.3, -0.25) is 9.59 Å². The lowest BCUT2D eigenvalue weighted by molar-refractivity contribution is -0.117. The van der Waals surface area contributed by atoms with E-state index in [2.05, 4.69) is 6.58 Å². The van der Waals surface area contributed by atoms with Crippen molar-refractivity contribution in [2.75, 3.05) is 7.11 Å². The first-order chi connectivity index (χ1) is 6.92. The number of rotatable bonds is 3. The van der Waals surface area contributed by atoms with E-state index in [-0.39, 0.29) is 17.3 Å². The maximum absolute atomic E-state index is 11.7. The van der Waals surface area contributed by atoms with Gasteiger partial charge in [-0.15, -0.1) is 6.58 Å². The van der Waals surface area contributed by atoms with Crippen LogP contribution in [0, 0.1) is 5.41 Å². The molecule has 15 heavy (non-hydrogen) atoms. The quantitative estimate of drug-likeness (QED) is 0.522. The van der Waals surface area contributed by atoms with Crippen molar-refractivity contribution in [3.8, 4) is 0 Å². The van der Waals surface area contributed by atoms with E-state index in [1.54, 1.807) is 6.08 Å². The highest BCUT2D eigenvalue weighted by molar-refractivity contribution is 6.19. The summed E-state index contributed by atoms with van der Waals surface area (Å²) in [6, 6.07) is 0. The average Bonchev–Trinajstić information content (AvgIpc) is 2.20.